The zero-order valence-electron chi connectivity index (χ0n) is 11.2. The van der Waals surface area contributed by atoms with Crippen LogP contribution in [0.3, 0.4) is 0 Å². The average Bonchev–Trinajstić information content (AvgIpc) is 2.38. The molecule has 3 heteroatoms. The molecule has 1 aliphatic rings. The minimum atomic E-state index is -0.249. The standard InChI is InChI=1S/C15H22FNO/c1-15(8-4-3-5-9-15)14(17)12-10-11(16)6-7-13(12)18-2/h6-7,10,14H,3-5,8-9,17H2,1-2H3. The number of halogens is 1. The molecule has 0 amide bonds. The van der Waals surface area contributed by atoms with Gasteiger partial charge in [0.15, 0.2) is 0 Å². The lowest BCUT2D eigenvalue weighted by atomic mass is 9.69. The van der Waals surface area contributed by atoms with Crippen LogP contribution in [0, 0.1) is 11.2 Å². The van der Waals surface area contributed by atoms with E-state index in [1.165, 1.54) is 31.4 Å². The van der Waals surface area contributed by atoms with Crippen molar-refractivity contribution in [1.29, 1.82) is 0 Å². The first-order valence-corrected chi connectivity index (χ1v) is 6.66. The minimum absolute atomic E-state index is 0.0549. The van der Waals surface area contributed by atoms with E-state index in [4.69, 9.17) is 10.5 Å². The Hall–Kier alpha value is -1.09. The first kappa shape index (κ1) is 13.3. The third-order valence-corrected chi connectivity index (χ3v) is 4.27. The normalized spacial score (nSPS) is 20.4. The van der Waals surface area contributed by atoms with Crippen LogP contribution in [-0.4, -0.2) is 7.11 Å². The summed E-state index contributed by atoms with van der Waals surface area (Å²) in [6.45, 7) is 2.21. The smallest absolute Gasteiger partial charge is 0.123 e. The maximum absolute atomic E-state index is 13.4. The van der Waals surface area contributed by atoms with Crippen molar-refractivity contribution in [3.63, 3.8) is 0 Å². The Bertz CT molecular complexity index is 413. The molecule has 1 aromatic rings. The maximum Gasteiger partial charge on any atom is 0.123 e. The van der Waals surface area contributed by atoms with E-state index in [1.807, 2.05) is 0 Å². The summed E-state index contributed by atoms with van der Waals surface area (Å²) in [4.78, 5) is 0. The van der Waals surface area contributed by atoms with Crippen LogP contribution in [0.1, 0.15) is 50.6 Å². The third-order valence-electron chi connectivity index (χ3n) is 4.27. The Morgan fingerprint density at radius 1 is 1.28 bits per heavy atom. The van der Waals surface area contributed by atoms with E-state index in [1.54, 1.807) is 13.2 Å². The van der Waals surface area contributed by atoms with Crippen LogP contribution in [0.4, 0.5) is 4.39 Å². The van der Waals surface area contributed by atoms with Gasteiger partial charge in [-0.3, -0.25) is 0 Å². The fraction of sp³-hybridized carbons (Fsp3) is 0.600. The zero-order chi connectivity index (χ0) is 13.2. The molecule has 1 unspecified atom stereocenters. The number of hydrogen-bond donors (Lipinski definition) is 1. The highest BCUT2D eigenvalue weighted by atomic mass is 19.1. The molecule has 2 N–H and O–H groups in total. The molecule has 1 saturated carbocycles. The Balaban J connectivity index is 2.32. The highest BCUT2D eigenvalue weighted by Crippen LogP contribution is 2.46. The Labute approximate surface area is 108 Å². The summed E-state index contributed by atoms with van der Waals surface area (Å²) in [5, 5.41) is 0. The molecule has 0 bridgehead atoms. The fourth-order valence-electron chi connectivity index (χ4n) is 2.99. The molecule has 2 rings (SSSR count). The van der Waals surface area contributed by atoms with Crippen molar-refractivity contribution >= 4 is 0 Å². The van der Waals surface area contributed by atoms with Gasteiger partial charge in [-0.1, -0.05) is 26.2 Å². The highest BCUT2D eigenvalue weighted by molar-refractivity contribution is 5.37. The fourth-order valence-corrected chi connectivity index (χ4v) is 2.99. The van der Waals surface area contributed by atoms with Gasteiger partial charge in [-0.05, 0) is 36.5 Å². The Morgan fingerprint density at radius 3 is 2.56 bits per heavy atom. The van der Waals surface area contributed by atoms with Crippen LogP contribution in [0.2, 0.25) is 0 Å². The summed E-state index contributed by atoms with van der Waals surface area (Å²) in [5.74, 6) is 0.441. The molecule has 2 nitrogen and oxygen atoms in total. The highest BCUT2D eigenvalue weighted by Gasteiger charge is 2.35. The molecule has 18 heavy (non-hydrogen) atoms. The number of methoxy groups -OCH3 is 1. The minimum Gasteiger partial charge on any atom is -0.496 e. The van der Waals surface area contributed by atoms with Gasteiger partial charge in [0.25, 0.3) is 0 Å². The summed E-state index contributed by atoms with van der Waals surface area (Å²) in [7, 11) is 1.60. The van der Waals surface area contributed by atoms with Gasteiger partial charge < -0.3 is 10.5 Å². The van der Waals surface area contributed by atoms with E-state index in [0.717, 1.165) is 18.4 Å². The molecule has 0 heterocycles. The van der Waals surface area contributed by atoms with Gasteiger partial charge in [0, 0.05) is 11.6 Å². The van der Waals surface area contributed by atoms with Crippen LogP contribution in [-0.2, 0) is 0 Å². The van der Waals surface area contributed by atoms with Gasteiger partial charge in [-0.25, -0.2) is 4.39 Å². The van der Waals surface area contributed by atoms with Crippen molar-refractivity contribution in [2.24, 2.45) is 11.1 Å². The van der Waals surface area contributed by atoms with Crippen molar-refractivity contribution in [3.05, 3.63) is 29.6 Å². The molecule has 0 aliphatic heterocycles. The lowest BCUT2D eigenvalue weighted by molar-refractivity contribution is 0.168. The van der Waals surface area contributed by atoms with Crippen LogP contribution in [0.15, 0.2) is 18.2 Å². The van der Waals surface area contributed by atoms with Crippen LogP contribution in [0.5, 0.6) is 5.75 Å². The van der Waals surface area contributed by atoms with E-state index < -0.39 is 0 Å². The zero-order valence-corrected chi connectivity index (χ0v) is 11.2. The summed E-state index contributed by atoms with van der Waals surface area (Å²) in [6.07, 6.45) is 5.91. The quantitative estimate of drug-likeness (QED) is 0.886. The summed E-state index contributed by atoms with van der Waals surface area (Å²) < 4.78 is 18.7. The van der Waals surface area contributed by atoms with Crippen LogP contribution in [0.25, 0.3) is 0 Å². The molecule has 1 fully saturated rings. The topological polar surface area (TPSA) is 35.2 Å². The second kappa shape index (κ2) is 5.27. The van der Waals surface area contributed by atoms with Crippen LogP contribution >= 0.6 is 0 Å². The summed E-state index contributed by atoms with van der Waals surface area (Å²) in [6, 6.07) is 4.43. The first-order chi connectivity index (χ1) is 8.57. The van der Waals surface area contributed by atoms with Gasteiger partial charge in [0.1, 0.15) is 11.6 Å². The predicted molar refractivity (Wildman–Crippen MR) is 71.1 cm³/mol. The summed E-state index contributed by atoms with van der Waals surface area (Å²) >= 11 is 0. The monoisotopic (exact) mass is 251 g/mol. The van der Waals surface area contributed by atoms with Crippen molar-refractivity contribution in [2.45, 2.75) is 45.1 Å². The first-order valence-electron chi connectivity index (χ1n) is 6.66. The van der Waals surface area contributed by atoms with Gasteiger partial charge in [-0.15, -0.1) is 0 Å². The molecule has 0 saturated heterocycles. The van der Waals surface area contributed by atoms with E-state index >= 15 is 0 Å². The van der Waals surface area contributed by atoms with Gasteiger partial charge >= 0.3 is 0 Å². The molecule has 1 atom stereocenters. The second-order valence-corrected chi connectivity index (χ2v) is 5.58. The molecule has 1 aliphatic carbocycles. The van der Waals surface area contributed by atoms with E-state index in [0.29, 0.717) is 5.75 Å². The Morgan fingerprint density at radius 2 is 1.94 bits per heavy atom. The molecular weight excluding hydrogens is 229 g/mol. The molecule has 0 spiro atoms. The molecule has 0 radical (unpaired) electrons. The second-order valence-electron chi connectivity index (χ2n) is 5.58. The van der Waals surface area contributed by atoms with Crippen molar-refractivity contribution < 1.29 is 9.13 Å². The molecule has 1 aromatic carbocycles. The van der Waals surface area contributed by atoms with Crippen molar-refractivity contribution in [1.82, 2.24) is 0 Å². The number of nitrogens with two attached hydrogens (primary N) is 1. The third kappa shape index (κ3) is 2.51. The average molecular weight is 251 g/mol. The largest absolute Gasteiger partial charge is 0.496 e. The number of hydrogen-bond acceptors (Lipinski definition) is 2. The lowest BCUT2D eigenvalue weighted by Crippen LogP contribution is -2.34. The Kier molecular flexibility index (Phi) is 3.91. The van der Waals surface area contributed by atoms with Crippen molar-refractivity contribution in [2.75, 3.05) is 7.11 Å². The number of rotatable bonds is 3. The van der Waals surface area contributed by atoms with Gasteiger partial charge in [0.05, 0.1) is 7.11 Å². The van der Waals surface area contributed by atoms with Gasteiger partial charge in [-0.2, -0.15) is 0 Å². The maximum atomic E-state index is 13.4. The number of benzene rings is 1. The van der Waals surface area contributed by atoms with E-state index in [-0.39, 0.29) is 17.3 Å². The van der Waals surface area contributed by atoms with E-state index in [2.05, 4.69) is 6.92 Å². The van der Waals surface area contributed by atoms with Gasteiger partial charge in [0.2, 0.25) is 0 Å². The van der Waals surface area contributed by atoms with Crippen LogP contribution < -0.4 is 10.5 Å². The van der Waals surface area contributed by atoms with E-state index in [9.17, 15) is 4.39 Å². The lowest BCUT2D eigenvalue weighted by Gasteiger charge is -2.39. The summed E-state index contributed by atoms with van der Waals surface area (Å²) in [5.41, 5.74) is 7.25. The molecular formula is C15H22FNO. The molecule has 100 valence electrons. The van der Waals surface area contributed by atoms with Crippen molar-refractivity contribution in [3.8, 4) is 5.75 Å². The SMILES string of the molecule is COc1ccc(F)cc1C(N)C1(C)CCCCC1. The number of ether oxygens (including phenoxy) is 1. The molecule has 0 aromatic heterocycles. The predicted octanol–water partition coefficient (Wildman–Crippen LogP) is 3.80.